The highest BCUT2D eigenvalue weighted by Crippen LogP contribution is 2.33. The minimum Gasteiger partial charge on any atom is -0.367 e. The van der Waals surface area contributed by atoms with Gasteiger partial charge in [-0.15, -0.1) is 0 Å². The molecule has 26 heavy (non-hydrogen) atoms. The van der Waals surface area contributed by atoms with Crippen molar-refractivity contribution in [1.82, 2.24) is 15.0 Å². The van der Waals surface area contributed by atoms with E-state index in [1.807, 2.05) is 37.3 Å². The molecule has 0 radical (unpaired) electrons. The molecular formula is C20H20FN5. The Morgan fingerprint density at radius 2 is 1.88 bits per heavy atom. The molecule has 0 aliphatic heterocycles. The van der Waals surface area contributed by atoms with Crippen molar-refractivity contribution in [1.29, 1.82) is 0 Å². The zero-order valence-corrected chi connectivity index (χ0v) is 14.7. The van der Waals surface area contributed by atoms with Gasteiger partial charge < -0.3 is 10.6 Å². The van der Waals surface area contributed by atoms with Crippen molar-refractivity contribution in [3.63, 3.8) is 0 Å². The van der Waals surface area contributed by atoms with Crippen molar-refractivity contribution >= 4 is 17.3 Å². The van der Waals surface area contributed by atoms with E-state index in [0.717, 1.165) is 17.8 Å². The Hall–Kier alpha value is -3.02. The van der Waals surface area contributed by atoms with Crippen LogP contribution in [0.4, 0.5) is 21.7 Å². The van der Waals surface area contributed by atoms with Gasteiger partial charge in [-0.1, -0.05) is 13.0 Å². The number of hydrogen-bond acceptors (Lipinski definition) is 5. The summed E-state index contributed by atoms with van der Waals surface area (Å²) in [7, 11) is 0. The van der Waals surface area contributed by atoms with Crippen molar-refractivity contribution in [3.05, 3.63) is 60.0 Å². The zero-order valence-electron chi connectivity index (χ0n) is 14.7. The van der Waals surface area contributed by atoms with Crippen LogP contribution in [-0.2, 0) is 0 Å². The summed E-state index contributed by atoms with van der Waals surface area (Å²) in [5, 5.41) is 6.61. The van der Waals surface area contributed by atoms with Crippen LogP contribution in [-0.4, -0.2) is 21.0 Å². The van der Waals surface area contributed by atoms with Gasteiger partial charge >= 0.3 is 0 Å². The number of aromatic nitrogens is 3. The van der Waals surface area contributed by atoms with E-state index in [1.165, 1.54) is 12.1 Å². The molecule has 5 nitrogen and oxygen atoms in total. The molecule has 2 unspecified atom stereocenters. The number of rotatable bonds is 5. The average Bonchev–Trinajstić information content (AvgIpc) is 3.29. The molecule has 2 aromatic heterocycles. The van der Waals surface area contributed by atoms with E-state index in [-0.39, 0.29) is 5.82 Å². The van der Waals surface area contributed by atoms with Crippen LogP contribution in [0.15, 0.2) is 48.7 Å². The van der Waals surface area contributed by atoms with Gasteiger partial charge in [0.25, 0.3) is 0 Å². The largest absolute Gasteiger partial charge is 0.367 e. The number of benzene rings is 1. The summed E-state index contributed by atoms with van der Waals surface area (Å²) in [5.74, 6) is 2.23. The number of nitrogens with one attached hydrogen (secondary N) is 2. The summed E-state index contributed by atoms with van der Waals surface area (Å²) in [6.45, 7) is 4.06. The van der Waals surface area contributed by atoms with E-state index < -0.39 is 0 Å². The third-order valence-electron chi connectivity index (χ3n) is 4.38. The first-order chi connectivity index (χ1) is 12.6. The topological polar surface area (TPSA) is 62.7 Å². The SMILES string of the molecule is Cc1cc(F)cc(Nc2cc(NC3CC3C)nc(-c3ccccn3)n2)c1. The molecule has 0 amide bonds. The number of anilines is 3. The second-order valence-electron chi connectivity index (χ2n) is 6.78. The van der Waals surface area contributed by atoms with Crippen molar-refractivity contribution in [2.24, 2.45) is 5.92 Å². The highest BCUT2D eigenvalue weighted by Gasteiger charge is 2.32. The lowest BCUT2D eigenvalue weighted by molar-refractivity contribution is 0.627. The summed E-state index contributed by atoms with van der Waals surface area (Å²) in [5.41, 5.74) is 2.19. The number of halogens is 1. The Morgan fingerprint density at radius 1 is 1.08 bits per heavy atom. The lowest BCUT2D eigenvalue weighted by Crippen LogP contribution is -2.08. The first-order valence-electron chi connectivity index (χ1n) is 8.68. The molecule has 0 bridgehead atoms. The summed E-state index contributed by atoms with van der Waals surface area (Å²) >= 11 is 0. The molecule has 1 aromatic carbocycles. The maximum absolute atomic E-state index is 13.7. The Labute approximate surface area is 151 Å². The molecule has 2 heterocycles. The van der Waals surface area contributed by atoms with Gasteiger partial charge in [0, 0.05) is 24.0 Å². The van der Waals surface area contributed by atoms with Gasteiger partial charge in [-0.2, -0.15) is 0 Å². The molecule has 1 aliphatic rings. The molecule has 4 rings (SSSR count). The van der Waals surface area contributed by atoms with Crippen molar-refractivity contribution in [2.45, 2.75) is 26.3 Å². The highest BCUT2D eigenvalue weighted by molar-refractivity contribution is 5.64. The number of hydrogen-bond donors (Lipinski definition) is 2. The molecule has 1 fully saturated rings. The second kappa shape index (κ2) is 6.71. The summed E-state index contributed by atoms with van der Waals surface area (Å²) in [6, 6.07) is 12.7. The Morgan fingerprint density at radius 3 is 2.58 bits per heavy atom. The van der Waals surface area contributed by atoms with Gasteiger partial charge in [0.15, 0.2) is 5.82 Å². The highest BCUT2D eigenvalue weighted by atomic mass is 19.1. The van der Waals surface area contributed by atoms with E-state index in [4.69, 9.17) is 0 Å². The van der Waals surface area contributed by atoms with Crippen molar-refractivity contribution in [3.8, 4) is 11.5 Å². The molecule has 2 N–H and O–H groups in total. The fourth-order valence-electron chi connectivity index (χ4n) is 2.86. The normalized spacial score (nSPS) is 18.4. The van der Waals surface area contributed by atoms with Crippen LogP contribution in [0.3, 0.4) is 0 Å². The maximum atomic E-state index is 13.7. The first-order valence-corrected chi connectivity index (χ1v) is 8.68. The molecule has 1 aliphatic carbocycles. The quantitative estimate of drug-likeness (QED) is 0.707. The van der Waals surface area contributed by atoms with Crippen molar-refractivity contribution < 1.29 is 4.39 Å². The van der Waals surface area contributed by atoms with Crippen LogP contribution in [0.1, 0.15) is 18.9 Å². The lowest BCUT2D eigenvalue weighted by atomic mass is 10.2. The van der Waals surface area contributed by atoms with Gasteiger partial charge in [0.05, 0.1) is 0 Å². The lowest BCUT2D eigenvalue weighted by Gasteiger charge is -2.12. The predicted octanol–water partition coefficient (Wildman–Crippen LogP) is 4.55. The molecule has 1 saturated carbocycles. The van der Waals surface area contributed by atoms with Crippen LogP contribution < -0.4 is 10.6 Å². The van der Waals surface area contributed by atoms with Gasteiger partial charge in [0.2, 0.25) is 0 Å². The van der Waals surface area contributed by atoms with Crippen LogP contribution in [0.25, 0.3) is 11.5 Å². The van der Waals surface area contributed by atoms with Gasteiger partial charge in [-0.3, -0.25) is 4.98 Å². The fraction of sp³-hybridized carbons (Fsp3) is 0.250. The Kier molecular flexibility index (Phi) is 4.24. The number of pyridine rings is 1. The molecule has 3 aromatic rings. The molecule has 6 heteroatoms. The standard InChI is InChI=1S/C20H20FN5/c1-12-7-14(21)10-15(8-12)23-18-11-19(24-17-9-13(17)2)26-20(25-18)16-5-3-4-6-22-16/h3-8,10-11,13,17H,9H2,1-2H3,(H2,23,24,25,26). The van der Waals surface area contributed by atoms with Crippen LogP contribution >= 0.6 is 0 Å². The predicted molar refractivity (Wildman–Crippen MR) is 101 cm³/mol. The Balaban J connectivity index is 1.69. The monoisotopic (exact) mass is 349 g/mol. The molecule has 0 saturated heterocycles. The number of nitrogens with zero attached hydrogens (tertiary/aromatic N) is 3. The van der Waals surface area contributed by atoms with Crippen LogP contribution in [0, 0.1) is 18.7 Å². The summed E-state index contributed by atoms with van der Waals surface area (Å²) in [6.07, 6.45) is 2.85. The minimum atomic E-state index is -0.281. The Bertz CT molecular complexity index is 908. The second-order valence-corrected chi connectivity index (χ2v) is 6.78. The van der Waals surface area contributed by atoms with E-state index in [9.17, 15) is 4.39 Å². The van der Waals surface area contributed by atoms with Crippen LogP contribution in [0.2, 0.25) is 0 Å². The minimum absolute atomic E-state index is 0.281. The van der Waals surface area contributed by atoms with Gasteiger partial charge in [0.1, 0.15) is 23.1 Å². The van der Waals surface area contributed by atoms with E-state index in [1.54, 1.807) is 6.20 Å². The third kappa shape index (κ3) is 3.79. The maximum Gasteiger partial charge on any atom is 0.182 e. The molecule has 0 spiro atoms. The van der Waals surface area contributed by atoms with Crippen molar-refractivity contribution in [2.75, 3.05) is 10.6 Å². The van der Waals surface area contributed by atoms with Gasteiger partial charge in [-0.25, -0.2) is 14.4 Å². The van der Waals surface area contributed by atoms with E-state index in [2.05, 4.69) is 32.5 Å². The fourth-order valence-corrected chi connectivity index (χ4v) is 2.86. The summed E-state index contributed by atoms with van der Waals surface area (Å²) in [4.78, 5) is 13.5. The average molecular weight is 349 g/mol. The van der Waals surface area contributed by atoms with Crippen LogP contribution in [0.5, 0.6) is 0 Å². The molecular weight excluding hydrogens is 329 g/mol. The third-order valence-corrected chi connectivity index (χ3v) is 4.38. The first kappa shape index (κ1) is 16.4. The molecule has 132 valence electrons. The van der Waals surface area contributed by atoms with E-state index in [0.29, 0.717) is 35.0 Å². The zero-order chi connectivity index (χ0) is 18.1. The summed E-state index contributed by atoms with van der Waals surface area (Å²) < 4.78 is 13.7. The number of aryl methyl sites for hydroxylation is 1. The van der Waals surface area contributed by atoms with E-state index >= 15 is 0 Å². The smallest absolute Gasteiger partial charge is 0.182 e. The molecule has 2 atom stereocenters. The van der Waals surface area contributed by atoms with Gasteiger partial charge in [-0.05, 0) is 55.2 Å².